The van der Waals surface area contributed by atoms with Gasteiger partial charge in [-0.3, -0.25) is 4.79 Å². The number of tetrazole rings is 1. The lowest BCUT2D eigenvalue weighted by molar-refractivity contribution is -0.141. The molecular weight excluding hydrogens is 278 g/mol. The van der Waals surface area contributed by atoms with Crippen molar-refractivity contribution in [2.45, 2.75) is 19.0 Å². The lowest BCUT2D eigenvalue weighted by Crippen LogP contribution is -2.42. The maximum atomic E-state index is 11.7. The number of terminal acetylenes is 1. The third-order valence-corrected chi connectivity index (χ3v) is 2.43. The van der Waals surface area contributed by atoms with Crippen LogP contribution in [0.3, 0.4) is 0 Å². The molecule has 0 aliphatic carbocycles. The Morgan fingerprint density at radius 2 is 2.38 bits per heavy atom. The molecule has 9 heteroatoms. The molecule has 0 spiro atoms. The zero-order valence-electron chi connectivity index (χ0n) is 10.8. The molecule has 1 atom stereocenters. The first-order chi connectivity index (χ1) is 10.1. The fourth-order valence-electron chi connectivity index (χ4n) is 1.50. The topological polar surface area (TPSA) is 123 Å². The first-order valence-corrected chi connectivity index (χ1v) is 5.87. The molecule has 0 saturated heterocycles. The minimum Gasteiger partial charge on any atom is -0.480 e. The number of nitrogens with one attached hydrogen (secondary N) is 1. The van der Waals surface area contributed by atoms with Crippen molar-refractivity contribution in [3.05, 3.63) is 18.4 Å². The van der Waals surface area contributed by atoms with E-state index in [1.54, 1.807) is 12.1 Å². The van der Waals surface area contributed by atoms with Crippen molar-refractivity contribution in [3.63, 3.8) is 0 Å². The molecule has 0 aliphatic heterocycles. The lowest BCUT2D eigenvalue weighted by atomic mass is 10.2. The van der Waals surface area contributed by atoms with Crippen molar-refractivity contribution in [2.24, 2.45) is 0 Å². The molecule has 2 heterocycles. The van der Waals surface area contributed by atoms with E-state index in [1.807, 2.05) is 0 Å². The molecule has 0 bridgehead atoms. The summed E-state index contributed by atoms with van der Waals surface area (Å²) in [6, 6.07) is 2.17. The molecule has 2 rings (SSSR count). The minimum atomic E-state index is -1.20. The van der Waals surface area contributed by atoms with Crippen LogP contribution >= 0.6 is 0 Å². The van der Waals surface area contributed by atoms with Gasteiger partial charge in [0, 0.05) is 6.42 Å². The smallest absolute Gasteiger partial charge is 0.327 e. The Labute approximate surface area is 118 Å². The number of carboxylic acids is 1. The minimum absolute atomic E-state index is 0.108. The molecule has 0 fully saturated rings. The van der Waals surface area contributed by atoms with E-state index in [-0.39, 0.29) is 18.8 Å². The highest BCUT2D eigenvalue weighted by atomic mass is 16.4. The summed E-state index contributed by atoms with van der Waals surface area (Å²) in [7, 11) is 0. The average Bonchev–Trinajstić information content (AvgIpc) is 3.08. The van der Waals surface area contributed by atoms with Gasteiger partial charge in [-0.15, -0.1) is 22.5 Å². The van der Waals surface area contributed by atoms with Gasteiger partial charge in [0.1, 0.15) is 12.6 Å². The third-order valence-electron chi connectivity index (χ3n) is 2.43. The number of aliphatic carboxylic acids is 1. The molecule has 0 saturated carbocycles. The Hall–Kier alpha value is -3.15. The number of rotatable bonds is 6. The van der Waals surface area contributed by atoms with Crippen LogP contribution in [0.25, 0.3) is 11.6 Å². The molecule has 21 heavy (non-hydrogen) atoms. The highest BCUT2D eigenvalue weighted by Gasteiger charge is 2.19. The molecule has 9 nitrogen and oxygen atoms in total. The van der Waals surface area contributed by atoms with Crippen LogP contribution in [0.1, 0.15) is 6.42 Å². The Kier molecular flexibility index (Phi) is 4.30. The number of furan rings is 1. The highest BCUT2D eigenvalue weighted by Crippen LogP contribution is 2.12. The number of hydrogen-bond donors (Lipinski definition) is 2. The highest BCUT2D eigenvalue weighted by molar-refractivity contribution is 5.83. The molecule has 0 radical (unpaired) electrons. The van der Waals surface area contributed by atoms with Crippen LogP contribution in [0.5, 0.6) is 0 Å². The van der Waals surface area contributed by atoms with Gasteiger partial charge < -0.3 is 14.8 Å². The number of hydrogen-bond acceptors (Lipinski definition) is 6. The Balaban J connectivity index is 1.97. The number of carbonyl (C=O) groups excluding carboxylic acids is 1. The van der Waals surface area contributed by atoms with Crippen molar-refractivity contribution < 1.29 is 19.1 Å². The van der Waals surface area contributed by atoms with Crippen LogP contribution in [0, 0.1) is 12.3 Å². The van der Waals surface area contributed by atoms with Crippen molar-refractivity contribution in [3.8, 4) is 23.9 Å². The fourth-order valence-corrected chi connectivity index (χ4v) is 1.50. The van der Waals surface area contributed by atoms with Gasteiger partial charge in [-0.25, -0.2) is 4.79 Å². The summed E-state index contributed by atoms with van der Waals surface area (Å²) in [6.07, 6.45) is 6.39. The molecule has 2 aromatic rings. The van der Waals surface area contributed by atoms with Crippen molar-refractivity contribution in [2.75, 3.05) is 0 Å². The van der Waals surface area contributed by atoms with E-state index in [0.29, 0.717) is 5.76 Å². The molecular formula is C12H11N5O4. The number of aromatic nitrogens is 4. The molecule has 108 valence electrons. The van der Waals surface area contributed by atoms with E-state index < -0.39 is 17.9 Å². The summed E-state index contributed by atoms with van der Waals surface area (Å²) in [5, 5.41) is 22.5. The van der Waals surface area contributed by atoms with E-state index in [1.165, 1.54) is 6.26 Å². The molecule has 2 aromatic heterocycles. The van der Waals surface area contributed by atoms with Gasteiger partial charge in [-0.1, -0.05) is 0 Å². The Morgan fingerprint density at radius 1 is 1.57 bits per heavy atom. The van der Waals surface area contributed by atoms with E-state index in [2.05, 4.69) is 26.6 Å². The first-order valence-electron chi connectivity index (χ1n) is 5.87. The van der Waals surface area contributed by atoms with Crippen LogP contribution in [-0.2, 0) is 16.1 Å². The van der Waals surface area contributed by atoms with Crippen molar-refractivity contribution in [1.29, 1.82) is 0 Å². The van der Waals surface area contributed by atoms with Crippen molar-refractivity contribution in [1.82, 2.24) is 25.5 Å². The molecule has 0 aromatic carbocycles. The quantitative estimate of drug-likeness (QED) is 0.689. The van der Waals surface area contributed by atoms with Crippen LogP contribution in [-0.4, -0.2) is 43.2 Å². The fraction of sp³-hybridized carbons (Fsp3) is 0.250. The summed E-state index contributed by atoms with van der Waals surface area (Å²) in [5.74, 6) is 1.04. The number of nitrogens with zero attached hydrogens (tertiary/aromatic N) is 4. The first kappa shape index (κ1) is 14.3. The van der Waals surface area contributed by atoms with E-state index in [4.69, 9.17) is 15.9 Å². The van der Waals surface area contributed by atoms with Gasteiger partial charge in [0.05, 0.1) is 6.26 Å². The second-order valence-corrected chi connectivity index (χ2v) is 3.99. The van der Waals surface area contributed by atoms with Gasteiger partial charge in [-0.05, 0) is 17.3 Å². The number of carbonyl (C=O) groups is 2. The second kappa shape index (κ2) is 6.33. The standard InChI is InChI=1S/C12H11N5O4/c1-2-4-8(12(19)20)13-10(18)7-17-15-11(14-16-17)9-5-3-6-21-9/h1,3,5-6,8H,4,7H2,(H,13,18)(H,19,20). The zero-order valence-corrected chi connectivity index (χ0v) is 10.8. The average molecular weight is 289 g/mol. The van der Waals surface area contributed by atoms with Crippen LogP contribution in [0.4, 0.5) is 0 Å². The zero-order chi connectivity index (χ0) is 15.2. The Morgan fingerprint density at radius 3 is 3.00 bits per heavy atom. The number of carboxylic acid groups (broad SMARTS) is 1. The van der Waals surface area contributed by atoms with E-state index in [0.717, 1.165) is 4.80 Å². The molecule has 1 unspecified atom stereocenters. The van der Waals surface area contributed by atoms with Gasteiger partial charge >= 0.3 is 5.97 Å². The molecule has 0 aliphatic rings. The van der Waals surface area contributed by atoms with E-state index in [9.17, 15) is 9.59 Å². The second-order valence-electron chi connectivity index (χ2n) is 3.99. The van der Waals surface area contributed by atoms with Crippen LogP contribution in [0.15, 0.2) is 22.8 Å². The van der Waals surface area contributed by atoms with E-state index >= 15 is 0 Å². The Bertz CT molecular complexity index is 670. The predicted molar refractivity (Wildman–Crippen MR) is 68.5 cm³/mol. The maximum absolute atomic E-state index is 11.7. The summed E-state index contributed by atoms with van der Waals surface area (Å²) < 4.78 is 5.09. The van der Waals surface area contributed by atoms with Crippen molar-refractivity contribution >= 4 is 11.9 Å². The molecule has 2 N–H and O–H groups in total. The largest absolute Gasteiger partial charge is 0.480 e. The lowest BCUT2D eigenvalue weighted by Gasteiger charge is -2.10. The van der Waals surface area contributed by atoms with Gasteiger partial charge in [0.2, 0.25) is 11.7 Å². The predicted octanol–water partition coefficient (Wildman–Crippen LogP) is -0.474. The summed E-state index contributed by atoms with van der Waals surface area (Å²) >= 11 is 0. The normalized spacial score (nSPS) is 11.6. The monoisotopic (exact) mass is 289 g/mol. The number of amides is 1. The van der Waals surface area contributed by atoms with Crippen LogP contribution < -0.4 is 5.32 Å². The third kappa shape index (κ3) is 3.66. The van der Waals surface area contributed by atoms with Gasteiger partial charge in [0.25, 0.3) is 0 Å². The SMILES string of the molecule is C#CCC(NC(=O)Cn1nnc(-c2ccco2)n1)C(=O)O. The molecule has 1 amide bonds. The van der Waals surface area contributed by atoms with Gasteiger partial charge in [-0.2, -0.15) is 4.80 Å². The maximum Gasteiger partial charge on any atom is 0.327 e. The summed E-state index contributed by atoms with van der Waals surface area (Å²) in [6.45, 7) is -0.276. The van der Waals surface area contributed by atoms with Crippen LogP contribution in [0.2, 0.25) is 0 Å². The summed E-state index contributed by atoms with van der Waals surface area (Å²) in [4.78, 5) is 23.6. The summed E-state index contributed by atoms with van der Waals surface area (Å²) in [5.41, 5.74) is 0. The van der Waals surface area contributed by atoms with Gasteiger partial charge in [0.15, 0.2) is 5.76 Å².